The van der Waals surface area contributed by atoms with E-state index >= 15 is 0 Å². The zero-order valence-corrected chi connectivity index (χ0v) is 21.3. The summed E-state index contributed by atoms with van der Waals surface area (Å²) >= 11 is 0. The quantitative estimate of drug-likeness (QED) is 0.376. The first-order chi connectivity index (χ1) is 17.5. The first kappa shape index (κ1) is 25.8. The van der Waals surface area contributed by atoms with Gasteiger partial charge >= 0.3 is 18.2 Å². The van der Waals surface area contributed by atoms with E-state index in [4.69, 9.17) is 9.47 Å². The highest BCUT2D eigenvalue weighted by Crippen LogP contribution is 2.44. The molecule has 37 heavy (non-hydrogen) atoms. The number of fused-ring (bicyclic) bond motifs is 3. The molecule has 0 aromatic heterocycles. The van der Waals surface area contributed by atoms with Crippen molar-refractivity contribution < 1.29 is 29.0 Å². The molecule has 2 amide bonds. The van der Waals surface area contributed by atoms with Crippen LogP contribution in [0.5, 0.6) is 0 Å². The molecule has 0 heterocycles. The lowest BCUT2D eigenvalue weighted by Crippen LogP contribution is -2.32. The SMILES string of the molecule is Cc1cc(NC(=O)OCC2c3ccccc3-c3ccccc32)cc(C(=O)O)c1CNC(=O)OC(C)(C)C. The maximum Gasteiger partial charge on any atom is 0.411 e. The Morgan fingerprint density at radius 1 is 0.919 bits per heavy atom. The molecule has 0 saturated carbocycles. The van der Waals surface area contributed by atoms with Gasteiger partial charge in [0.05, 0.1) is 5.56 Å². The van der Waals surface area contributed by atoms with Crippen LogP contribution in [0.2, 0.25) is 0 Å². The maximum absolute atomic E-state index is 12.7. The van der Waals surface area contributed by atoms with E-state index in [-0.39, 0.29) is 30.3 Å². The van der Waals surface area contributed by atoms with Crippen LogP contribution < -0.4 is 10.6 Å². The second kappa shape index (κ2) is 10.3. The molecular weight excluding hydrogens is 472 g/mol. The Morgan fingerprint density at radius 2 is 1.51 bits per heavy atom. The monoisotopic (exact) mass is 502 g/mol. The van der Waals surface area contributed by atoms with Crippen molar-refractivity contribution in [1.82, 2.24) is 5.32 Å². The summed E-state index contributed by atoms with van der Waals surface area (Å²) in [6, 6.07) is 19.1. The number of carbonyl (C=O) groups excluding carboxylic acids is 2. The number of alkyl carbamates (subject to hydrolysis) is 1. The fourth-order valence-electron chi connectivity index (χ4n) is 4.54. The lowest BCUT2D eigenvalue weighted by molar-refractivity contribution is 0.0520. The Hall–Kier alpha value is -4.33. The first-order valence-electron chi connectivity index (χ1n) is 12.0. The number of aryl methyl sites for hydroxylation is 1. The van der Waals surface area contributed by atoms with Gasteiger partial charge in [0, 0.05) is 18.2 Å². The Bertz CT molecular complexity index is 1310. The molecule has 0 saturated heterocycles. The molecule has 3 aromatic carbocycles. The summed E-state index contributed by atoms with van der Waals surface area (Å²) in [6.45, 7) is 7.04. The Morgan fingerprint density at radius 3 is 2.08 bits per heavy atom. The molecule has 0 radical (unpaired) electrons. The van der Waals surface area contributed by atoms with E-state index in [0.717, 1.165) is 22.3 Å². The van der Waals surface area contributed by atoms with Gasteiger partial charge in [0.15, 0.2) is 0 Å². The number of carbonyl (C=O) groups is 3. The van der Waals surface area contributed by atoms with Crippen LogP contribution >= 0.6 is 0 Å². The van der Waals surface area contributed by atoms with Crippen molar-refractivity contribution in [3.05, 3.63) is 88.5 Å². The Labute approximate surface area is 215 Å². The topological polar surface area (TPSA) is 114 Å². The van der Waals surface area contributed by atoms with Gasteiger partial charge < -0.3 is 19.9 Å². The number of amides is 2. The highest BCUT2D eigenvalue weighted by molar-refractivity contribution is 5.93. The van der Waals surface area contributed by atoms with Gasteiger partial charge in [-0.1, -0.05) is 48.5 Å². The molecule has 8 heteroatoms. The number of ether oxygens (including phenoxy) is 2. The van der Waals surface area contributed by atoms with Crippen LogP contribution in [0.25, 0.3) is 11.1 Å². The molecule has 192 valence electrons. The van der Waals surface area contributed by atoms with Crippen LogP contribution in [0.1, 0.15) is 59.3 Å². The van der Waals surface area contributed by atoms with Crippen molar-refractivity contribution in [2.24, 2.45) is 0 Å². The molecule has 0 fully saturated rings. The van der Waals surface area contributed by atoms with Crippen molar-refractivity contribution >= 4 is 23.8 Å². The van der Waals surface area contributed by atoms with E-state index in [9.17, 15) is 19.5 Å². The van der Waals surface area contributed by atoms with E-state index in [0.29, 0.717) is 11.1 Å². The van der Waals surface area contributed by atoms with E-state index in [1.54, 1.807) is 33.8 Å². The summed E-state index contributed by atoms with van der Waals surface area (Å²) in [4.78, 5) is 36.6. The molecular formula is C29H30N2O6. The van der Waals surface area contributed by atoms with Crippen molar-refractivity contribution in [3.63, 3.8) is 0 Å². The first-order valence-corrected chi connectivity index (χ1v) is 12.0. The number of rotatable bonds is 6. The Balaban J connectivity index is 1.44. The minimum absolute atomic E-state index is 0.0341. The Kier molecular flexibility index (Phi) is 7.20. The molecule has 3 N–H and O–H groups in total. The smallest absolute Gasteiger partial charge is 0.411 e. The molecule has 4 rings (SSSR count). The number of aromatic carboxylic acids is 1. The summed E-state index contributed by atoms with van der Waals surface area (Å²) in [7, 11) is 0. The molecule has 1 aliphatic rings. The molecule has 0 spiro atoms. The summed E-state index contributed by atoms with van der Waals surface area (Å²) in [5.41, 5.74) is 5.03. The number of carboxylic acid groups (broad SMARTS) is 1. The fourth-order valence-corrected chi connectivity index (χ4v) is 4.54. The summed E-state index contributed by atoms with van der Waals surface area (Å²) in [5.74, 6) is -1.27. The lowest BCUT2D eigenvalue weighted by Gasteiger charge is -2.20. The van der Waals surface area contributed by atoms with Crippen molar-refractivity contribution in [3.8, 4) is 11.1 Å². The second-order valence-corrected chi connectivity index (χ2v) is 9.93. The third-order valence-corrected chi connectivity index (χ3v) is 6.10. The molecule has 0 unspecified atom stereocenters. The molecule has 0 aliphatic heterocycles. The predicted molar refractivity (Wildman–Crippen MR) is 140 cm³/mol. The van der Waals surface area contributed by atoms with Crippen LogP contribution in [0.4, 0.5) is 15.3 Å². The average molecular weight is 503 g/mol. The summed E-state index contributed by atoms with van der Waals surface area (Å²) in [6.07, 6.45) is -1.33. The van der Waals surface area contributed by atoms with E-state index in [1.807, 2.05) is 36.4 Å². The molecule has 8 nitrogen and oxygen atoms in total. The highest BCUT2D eigenvalue weighted by Gasteiger charge is 2.29. The maximum atomic E-state index is 12.7. The largest absolute Gasteiger partial charge is 0.478 e. The van der Waals surface area contributed by atoms with Crippen molar-refractivity contribution in [2.45, 2.75) is 45.8 Å². The lowest BCUT2D eigenvalue weighted by atomic mass is 9.98. The van der Waals surface area contributed by atoms with Gasteiger partial charge in [-0.15, -0.1) is 0 Å². The number of anilines is 1. The minimum Gasteiger partial charge on any atom is -0.478 e. The number of carboxylic acids is 1. The van der Waals surface area contributed by atoms with Crippen molar-refractivity contribution in [1.29, 1.82) is 0 Å². The number of hydrogen-bond donors (Lipinski definition) is 3. The number of nitrogens with one attached hydrogen (secondary N) is 2. The van der Waals surface area contributed by atoms with Gasteiger partial charge in [-0.3, -0.25) is 5.32 Å². The zero-order valence-electron chi connectivity index (χ0n) is 21.3. The van der Waals surface area contributed by atoms with E-state index < -0.39 is 23.8 Å². The van der Waals surface area contributed by atoms with Crippen LogP contribution in [-0.4, -0.2) is 35.5 Å². The van der Waals surface area contributed by atoms with Gasteiger partial charge in [0.1, 0.15) is 12.2 Å². The normalized spacial score (nSPS) is 12.3. The highest BCUT2D eigenvalue weighted by atomic mass is 16.6. The van der Waals surface area contributed by atoms with Gasteiger partial charge in [-0.05, 0) is 73.2 Å². The van der Waals surface area contributed by atoms with E-state index in [1.165, 1.54) is 6.07 Å². The van der Waals surface area contributed by atoms with Crippen LogP contribution in [0.3, 0.4) is 0 Å². The third-order valence-electron chi connectivity index (χ3n) is 6.10. The number of benzene rings is 3. The standard InChI is InChI=1S/C29H30N2O6/c1-17-13-18(14-23(26(32)33)24(17)15-30-27(34)37-29(2,3)4)31-28(35)36-16-25-21-11-7-5-9-19(21)20-10-6-8-12-22(20)25/h5-14,25H,15-16H2,1-4H3,(H,30,34)(H,31,35)(H,32,33). The van der Waals surface area contributed by atoms with Gasteiger partial charge in [0.25, 0.3) is 0 Å². The third kappa shape index (κ3) is 5.91. The van der Waals surface area contributed by atoms with Crippen LogP contribution in [0, 0.1) is 6.92 Å². The zero-order chi connectivity index (χ0) is 26.7. The van der Waals surface area contributed by atoms with Gasteiger partial charge in [0.2, 0.25) is 0 Å². The van der Waals surface area contributed by atoms with Crippen LogP contribution in [-0.2, 0) is 16.0 Å². The molecule has 0 bridgehead atoms. The molecule has 1 aliphatic carbocycles. The summed E-state index contributed by atoms with van der Waals surface area (Å²) in [5, 5.41) is 15.0. The van der Waals surface area contributed by atoms with Gasteiger partial charge in [-0.2, -0.15) is 0 Å². The minimum atomic E-state index is -1.18. The molecule has 3 aromatic rings. The van der Waals surface area contributed by atoms with Crippen LogP contribution in [0.15, 0.2) is 60.7 Å². The van der Waals surface area contributed by atoms with Crippen molar-refractivity contribution in [2.75, 3.05) is 11.9 Å². The molecule has 0 atom stereocenters. The fraction of sp³-hybridized carbons (Fsp3) is 0.276. The predicted octanol–water partition coefficient (Wildman–Crippen LogP) is 6.08. The van der Waals surface area contributed by atoms with Gasteiger partial charge in [-0.25, -0.2) is 14.4 Å². The van der Waals surface area contributed by atoms with E-state index in [2.05, 4.69) is 22.8 Å². The summed E-state index contributed by atoms with van der Waals surface area (Å²) < 4.78 is 10.8. The second-order valence-electron chi connectivity index (χ2n) is 9.93. The average Bonchev–Trinajstić information content (AvgIpc) is 3.14. The number of hydrogen-bond acceptors (Lipinski definition) is 5.